The maximum absolute atomic E-state index is 12.4. The lowest BCUT2D eigenvalue weighted by Gasteiger charge is -2.25. The molecule has 0 unspecified atom stereocenters. The van der Waals surface area contributed by atoms with E-state index in [0.717, 1.165) is 16.5 Å². The molecule has 0 spiro atoms. The third-order valence-electron chi connectivity index (χ3n) is 5.23. The second-order valence-electron chi connectivity index (χ2n) is 7.13. The van der Waals surface area contributed by atoms with Crippen LogP contribution in [0.1, 0.15) is 51.7 Å². The van der Waals surface area contributed by atoms with Crippen molar-refractivity contribution < 1.29 is 4.79 Å². The predicted molar refractivity (Wildman–Crippen MR) is 111 cm³/mol. The summed E-state index contributed by atoms with van der Waals surface area (Å²) in [5.41, 5.74) is 2.09. The van der Waals surface area contributed by atoms with E-state index in [4.69, 9.17) is 0 Å². The van der Waals surface area contributed by atoms with Crippen LogP contribution in [0, 0.1) is 12.8 Å². The molecule has 2 aliphatic rings. The van der Waals surface area contributed by atoms with Gasteiger partial charge in [-0.15, -0.1) is 36.2 Å². The normalized spacial score (nSPS) is 21.3. The predicted octanol–water partition coefficient (Wildman–Crippen LogP) is 4.13. The van der Waals surface area contributed by atoms with E-state index in [9.17, 15) is 4.79 Å². The monoisotopic (exact) mass is 416 g/mol. The maximum atomic E-state index is 12.4. The fourth-order valence-corrected chi connectivity index (χ4v) is 4.42. The lowest BCUT2D eigenvalue weighted by molar-refractivity contribution is 0.103. The molecule has 2 aliphatic carbocycles. The number of aryl methyl sites for hydroxylation is 2. The van der Waals surface area contributed by atoms with Gasteiger partial charge >= 0.3 is 0 Å². The topological polar surface area (TPSA) is 59.0 Å². The number of halogens is 2. The van der Waals surface area contributed by atoms with Gasteiger partial charge in [-0.1, -0.05) is 6.42 Å². The Morgan fingerprint density at radius 1 is 1.38 bits per heavy atom. The van der Waals surface area contributed by atoms with Crippen LogP contribution in [0.5, 0.6) is 0 Å². The molecule has 1 amide bonds. The van der Waals surface area contributed by atoms with Crippen molar-refractivity contribution in [2.24, 2.45) is 13.0 Å². The molecule has 26 heavy (non-hydrogen) atoms. The highest BCUT2D eigenvalue weighted by molar-refractivity contribution is 7.14. The number of amides is 1. The number of aromatic nitrogens is 2. The first-order valence-electron chi connectivity index (χ1n) is 8.74. The molecule has 0 saturated heterocycles. The molecule has 2 saturated carbocycles. The summed E-state index contributed by atoms with van der Waals surface area (Å²) in [6, 6.07) is 2.69. The molecule has 2 aromatic rings. The van der Waals surface area contributed by atoms with Crippen LogP contribution < -0.4 is 10.6 Å². The van der Waals surface area contributed by atoms with Crippen LogP contribution in [0.3, 0.4) is 0 Å². The van der Waals surface area contributed by atoms with Crippen LogP contribution in [0.25, 0.3) is 0 Å². The quantitative estimate of drug-likeness (QED) is 0.743. The number of thiophene rings is 1. The summed E-state index contributed by atoms with van der Waals surface area (Å²) in [6.45, 7) is 3.29. The zero-order chi connectivity index (χ0) is 16.7. The summed E-state index contributed by atoms with van der Waals surface area (Å²) in [5, 5.41) is 10.7. The van der Waals surface area contributed by atoms with Gasteiger partial charge < -0.3 is 10.6 Å². The first-order valence-corrected chi connectivity index (χ1v) is 9.55. The standard InChI is InChI=1S/C18H24N4OS.2ClH/c1-11-14(15-6-16(15)19-8-12-4-3-5-12)7-17(24-11)18(23)21-13-9-20-22(2)10-13;;/h7,9-10,12,15-16,19H,3-6,8H2,1-2H3,(H,21,23);2*1H/t15-,16+;;/m0../s1. The summed E-state index contributed by atoms with van der Waals surface area (Å²) in [6.07, 6.45) is 8.86. The molecule has 2 N–H and O–H groups in total. The molecule has 2 fully saturated rings. The van der Waals surface area contributed by atoms with Gasteiger partial charge in [0.15, 0.2) is 0 Å². The van der Waals surface area contributed by atoms with Crippen LogP contribution in [-0.4, -0.2) is 28.3 Å². The molecule has 8 heteroatoms. The largest absolute Gasteiger partial charge is 0.319 e. The van der Waals surface area contributed by atoms with Crippen LogP contribution in [0.15, 0.2) is 18.5 Å². The highest BCUT2D eigenvalue weighted by atomic mass is 35.5. The van der Waals surface area contributed by atoms with Gasteiger partial charge in [-0.05, 0) is 50.3 Å². The molecule has 5 nitrogen and oxygen atoms in total. The Bertz CT molecular complexity index is 756. The zero-order valence-electron chi connectivity index (χ0n) is 15.0. The van der Waals surface area contributed by atoms with Crippen molar-refractivity contribution in [1.82, 2.24) is 15.1 Å². The van der Waals surface area contributed by atoms with Gasteiger partial charge in [0, 0.05) is 30.1 Å². The summed E-state index contributed by atoms with van der Waals surface area (Å²) < 4.78 is 1.68. The first-order chi connectivity index (χ1) is 11.6. The fourth-order valence-electron chi connectivity index (χ4n) is 3.43. The van der Waals surface area contributed by atoms with Crippen LogP contribution >= 0.6 is 36.2 Å². The van der Waals surface area contributed by atoms with Crippen LogP contribution in [-0.2, 0) is 7.05 Å². The number of hydrogen-bond donors (Lipinski definition) is 2. The smallest absolute Gasteiger partial charge is 0.265 e. The number of rotatable bonds is 6. The Morgan fingerprint density at radius 2 is 2.15 bits per heavy atom. The number of carbonyl (C=O) groups excluding carboxylic acids is 1. The second kappa shape index (κ2) is 8.74. The summed E-state index contributed by atoms with van der Waals surface area (Å²) >= 11 is 1.59. The lowest BCUT2D eigenvalue weighted by Crippen LogP contribution is -2.29. The molecule has 0 bridgehead atoms. The number of anilines is 1. The van der Waals surface area contributed by atoms with Crippen molar-refractivity contribution >= 4 is 47.7 Å². The third-order valence-corrected chi connectivity index (χ3v) is 6.29. The number of carbonyl (C=O) groups is 1. The fraction of sp³-hybridized carbons (Fsp3) is 0.556. The average Bonchev–Trinajstić information content (AvgIpc) is 2.97. The summed E-state index contributed by atoms with van der Waals surface area (Å²) in [7, 11) is 1.84. The molecular weight excluding hydrogens is 391 g/mol. The van der Waals surface area contributed by atoms with Crippen LogP contribution in [0.4, 0.5) is 5.69 Å². The summed E-state index contributed by atoms with van der Waals surface area (Å²) in [5.74, 6) is 1.44. The van der Waals surface area contributed by atoms with E-state index in [2.05, 4.69) is 28.7 Å². The lowest BCUT2D eigenvalue weighted by atomic mass is 9.85. The molecule has 0 aliphatic heterocycles. The molecule has 2 aromatic heterocycles. The Hall–Kier alpha value is -1.08. The summed E-state index contributed by atoms with van der Waals surface area (Å²) in [4.78, 5) is 14.5. The van der Waals surface area contributed by atoms with E-state index in [-0.39, 0.29) is 30.7 Å². The molecule has 144 valence electrons. The van der Waals surface area contributed by atoms with Gasteiger partial charge in [0.05, 0.1) is 16.8 Å². The second-order valence-corrected chi connectivity index (χ2v) is 8.39. The van der Waals surface area contributed by atoms with E-state index in [1.54, 1.807) is 28.4 Å². The Morgan fingerprint density at radius 3 is 2.77 bits per heavy atom. The van der Waals surface area contributed by atoms with Gasteiger partial charge in [-0.25, -0.2) is 0 Å². The molecule has 4 rings (SSSR count). The zero-order valence-corrected chi connectivity index (χ0v) is 17.5. The maximum Gasteiger partial charge on any atom is 0.265 e. The van der Waals surface area contributed by atoms with Gasteiger partial charge in [-0.2, -0.15) is 5.10 Å². The van der Waals surface area contributed by atoms with Crippen molar-refractivity contribution in [3.8, 4) is 0 Å². The van der Waals surface area contributed by atoms with Crippen molar-refractivity contribution in [3.63, 3.8) is 0 Å². The minimum Gasteiger partial charge on any atom is -0.319 e. The Balaban J connectivity index is 0.00000121. The first kappa shape index (κ1) is 21.2. The number of nitrogens with zero attached hydrogens (tertiary/aromatic N) is 2. The molecule has 0 aromatic carbocycles. The molecular formula is C18H26Cl2N4OS. The van der Waals surface area contributed by atoms with E-state index < -0.39 is 0 Å². The molecule has 2 heterocycles. The Kier molecular flexibility index (Phi) is 7.13. The van der Waals surface area contributed by atoms with Gasteiger partial charge in [0.25, 0.3) is 5.91 Å². The van der Waals surface area contributed by atoms with Gasteiger partial charge in [-0.3, -0.25) is 9.48 Å². The van der Waals surface area contributed by atoms with Crippen molar-refractivity contribution in [2.45, 2.75) is 44.6 Å². The minimum absolute atomic E-state index is 0. The highest BCUT2D eigenvalue weighted by Gasteiger charge is 2.40. The highest BCUT2D eigenvalue weighted by Crippen LogP contribution is 2.45. The molecule has 0 radical (unpaired) electrons. The van der Waals surface area contributed by atoms with E-state index in [1.165, 1.54) is 42.7 Å². The van der Waals surface area contributed by atoms with E-state index in [0.29, 0.717) is 12.0 Å². The van der Waals surface area contributed by atoms with Crippen molar-refractivity contribution in [1.29, 1.82) is 0 Å². The van der Waals surface area contributed by atoms with Crippen molar-refractivity contribution in [3.05, 3.63) is 33.8 Å². The number of nitrogens with one attached hydrogen (secondary N) is 2. The van der Waals surface area contributed by atoms with E-state index in [1.807, 2.05) is 7.05 Å². The third kappa shape index (κ3) is 4.60. The minimum atomic E-state index is -0.0398. The van der Waals surface area contributed by atoms with Crippen molar-refractivity contribution in [2.75, 3.05) is 11.9 Å². The van der Waals surface area contributed by atoms with Gasteiger partial charge in [0.1, 0.15) is 0 Å². The molecule has 2 atom stereocenters. The number of hydrogen-bond acceptors (Lipinski definition) is 4. The Labute approximate surface area is 170 Å². The van der Waals surface area contributed by atoms with E-state index >= 15 is 0 Å². The van der Waals surface area contributed by atoms with Crippen LogP contribution in [0.2, 0.25) is 0 Å². The average molecular weight is 417 g/mol. The SMILES string of the molecule is Cc1sc(C(=O)Nc2cnn(C)c2)cc1[C@@H]1C[C@H]1NCC1CCC1.Cl.Cl. The van der Waals surface area contributed by atoms with Gasteiger partial charge in [0.2, 0.25) is 0 Å².